The minimum Gasteiger partial charge on any atom is -0.508 e. The molecule has 0 saturated heterocycles. The van der Waals surface area contributed by atoms with Gasteiger partial charge in [-0.3, -0.25) is 0 Å². The van der Waals surface area contributed by atoms with E-state index < -0.39 is 0 Å². The number of hydrogen-bond donors (Lipinski definition) is 1. The average Bonchev–Trinajstić information content (AvgIpc) is 3.41. The van der Waals surface area contributed by atoms with Gasteiger partial charge in [0.05, 0.1) is 0 Å². The Balaban J connectivity index is 1.92. The van der Waals surface area contributed by atoms with Gasteiger partial charge in [-0.2, -0.15) is 0 Å². The van der Waals surface area contributed by atoms with Crippen molar-refractivity contribution in [2.75, 3.05) is 0 Å². The maximum atomic E-state index is 10.7. The van der Waals surface area contributed by atoms with Crippen LogP contribution in [-0.2, 0) is 10.2 Å². The zero-order valence-corrected chi connectivity index (χ0v) is 13.7. The van der Waals surface area contributed by atoms with E-state index in [1.165, 1.54) is 29.5 Å². The fourth-order valence-corrected chi connectivity index (χ4v) is 3.36. The number of aromatic hydroxyl groups is 1. The fourth-order valence-electron chi connectivity index (χ4n) is 3.36. The third-order valence-electron chi connectivity index (χ3n) is 5.10. The van der Waals surface area contributed by atoms with Gasteiger partial charge < -0.3 is 9.90 Å². The van der Waals surface area contributed by atoms with Crippen LogP contribution in [0.3, 0.4) is 0 Å². The maximum absolute atomic E-state index is 10.7. The summed E-state index contributed by atoms with van der Waals surface area (Å²) >= 11 is 0. The van der Waals surface area contributed by atoms with E-state index in [4.69, 9.17) is 0 Å². The number of aldehydes is 1. The highest BCUT2D eigenvalue weighted by Gasteiger charge is 2.29. The Labute approximate surface area is 138 Å². The summed E-state index contributed by atoms with van der Waals surface area (Å²) in [5.41, 5.74) is 3.76. The summed E-state index contributed by atoms with van der Waals surface area (Å²) in [6.45, 7) is 2.23. The molecule has 0 heterocycles. The molecule has 1 aliphatic rings. The van der Waals surface area contributed by atoms with Crippen molar-refractivity contribution in [1.82, 2.24) is 0 Å². The summed E-state index contributed by atoms with van der Waals surface area (Å²) in [5.74, 6) is 1.05. The highest BCUT2D eigenvalue weighted by Crippen LogP contribution is 2.42. The Bertz CT molecular complexity index is 653. The van der Waals surface area contributed by atoms with Gasteiger partial charge in [0, 0.05) is 11.8 Å². The van der Waals surface area contributed by atoms with E-state index in [0.717, 1.165) is 25.0 Å². The second-order valence-corrected chi connectivity index (χ2v) is 6.83. The number of unbranched alkanes of at least 4 members (excludes halogenated alkanes) is 1. The Morgan fingerprint density at radius 3 is 2.13 bits per heavy atom. The number of phenolic OH excluding ortho intramolecular Hbond substituents is 1. The molecule has 1 N–H and O–H groups in total. The van der Waals surface area contributed by atoms with Crippen molar-refractivity contribution < 1.29 is 9.90 Å². The molecular formula is C21H24O2. The van der Waals surface area contributed by atoms with Crippen LogP contribution in [-0.4, -0.2) is 11.4 Å². The van der Waals surface area contributed by atoms with Crippen LogP contribution >= 0.6 is 0 Å². The molecule has 2 nitrogen and oxygen atoms in total. The van der Waals surface area contributed by atoms with E-state index in [9.17, 15) is 9.90 Å². The first kappa shape index (κ1) is 15.8. The highest BCUT2D eigenvalue weighted by atomic mass is 16.3. The predicted octanol–water partition coefficient (Wildman–Crippen LogP) is 4.94. The largest absolute Gasteiger partial charge is 0.508 e. The molecule has 1 fully saturated rings. The summed E-state index contributed by atoms with van der Waals surface area (Å²) in [7, 11) is 0. The number of carbonyl (C=O) groups is 1. The van der Waals surface area contributed by atoms with Crippen LogP contribution in [0.5, 0.6) is 5.75 Å². The quantitative estimate of drug-likeness (QED) is 0.581. The van der Waals surface area contributed by atoms with E-state index in [1.807, 2.05) is 12.1 Å². The fraction of sp³-hybridized carbons (Fsp3) is 0.381. The summed E-state index contributed by atoms with van der Waals surface area (Å²) in [4.78, 5) is 10.7. The first-order valence-electron chi connectivity index (χ1n) is 8.47. The third kappa shape index (κ3) is 3.47. The van der Waals surface area contributed by atoms with Gasteiger partial charge in [0.25, 0.3) is 0 Å². The maximum Gasteiger partial charge on any atom is 0.119 e. The van der Waals surface area contributed by atoms with Gasteiger partial charge in [0.2, 0.25) is 0 Å². The van der Waals surface area contributed by atoms with Crippen LogP contribution in [0.4, 0.5) is 0 Å². The number of rotatable bonds is 7. The van der Waals surface area contributed by atoms with Crippen molar-refractivity contribution in [2.24, 2.45) is 0 Å². The van der Waals surface area contributed by atoms with Gasteiger partial charge in [-0.05, 0) is 60.4 Å². The van der Waals surface area contributed by atoms with Gasteiger partial charge in [0.1, 0.15) is 12.0 Å². The summed E-state index contributed by atoms with van der Waals surface area (Å²) in [6.07, 6.45) is 5.99. The minimum atomic E-state index is -0.140. The normalized spacial score (nSPS) is 16.7. The third-order valence-corrected chi connectivity index (χ3v) is 5.10. The zero-order valence-electron chi connectivity index (χ0n) is 13.7. The average molecular weight is 308 g/mol. The van der Waals surface area contributed by atoms with E-state index in [-0.39, 0.29) is 11.2 Å². The molecule has 0 bridgehead atoms. The summed E-state index contributed by atoms with van der Waals surface area (Å²) < 4.78 is 0. The molecule has 1 saturated carbocycles. The molecular weight excluding hydrogens is 284 g/mol. The monoisotopic (exact) mass is 308 g/mol. The van der Waals surface area contributed by atoms with Gasteiger partial charge in [-0.1, -0.05) is 43.3 Å². The lowest BCUT2D eigenvalue weighted by molar-refractivity contribution is -0.107. The number of hydrogen-bond acceptors (Lipinski definition) is 2. The lowest BCUT2D eigenvalue weighted by Gasteiger charge is -2.31. The van der Waals surface area contributed by atoms with Crippen molar-refractivity contribution in [3.8, 4) is 5.75 Å². The van der Waals surface area contributed by atoms with E-state index in [2.05, 4.69) is 31.2 Å². The molecule has 1 aliphatic carbocycles. The van der Waals surface area contributed by atoms with Crippen LogP contribution < -0.4 is 0 Å². The topological polar surface area (TPSA) is 37.3 Å². The van der Waals surface area contributed by atoms with E-state index in [0.29, 0.717) is 6.42 Å². The second kappa shape index (κ2) is 6.57. The lowest BCUT2D eigenvalue weighted by Crippen LogP contribution is -2.23. The highest BCUT2D eigenvalue weighted by molar-refractivity contribution is 5.49. The standard InChI is InChI=1S/C21H24O2/c1-21(14-2-3-15-22,19-10-12-20(23)13-11-19)18-8-6-17(7-9-18)16-4-5-16/h6-13,15-16,23H,2-5,14H2,1H3. The van der Waals surface area contributed by atoms with Crippen molar-refractivity contribution in [2.45, 2.75) is 50.4 Å². The smallest absolute Gasteiger partial charge is 0.119 e. The van der Waals surface area contributed by atoms with E-state index in [1.54, 1.807) is 12.1 Å². The molecule has 0 spiro atoms. The molecule has 2 aromatic rings. The van der Waals surface area contributed by atoms with Crippen LogP contribution in [0.15, 0.2) is 48.5 Å². The molecule has 120 valence electrons. The van der Waals surface area contributed by atoms with E-state index >= 15 is 0 Å². The molecule has 0 radical (unpaired) electrons. The number of benzene rings is 2. The molecule has 23 heavy (non-hydrogen) atoms. The van der Waals surface area contributed by atoms with Gasteiger partial charge in [0.15, 0.2) is 0 Å². The molecule has 2 aromatic carbocycles. The van der Waals surface area contributed by atoms with Crippen molar-refractivity contribution in [1.29, 1.82) is 0 Å². The van der Waals surface area contributed by atoms with Crippen LogP contribution in [0.25, 0.3) is 0 Å². The molecule has 0 aliphatic heterocycles. The Kier molecular flexibility index (Phi) is 4.51. The first-order chi connectivity index (χ1) is 11.1. The number of carbonyl (C=O) groups excluding carboxylic acids is 1. The summed E-state index contributed by atoms with van der Waals surface area (Å²) in [6, 6.07) is 16.5. The second-order valence-electron chi connectivity index (χ2n) is 6.83. The molecule has 1 unspecified atom stereocenters. The molecule has 3 rings (SSSR count). The van der Waals surface area contributed by atoms with Crippen LogP contribution in [0, 0.1) is 0 Å². The van der Waals surface area contributed by atoms with Crippen molar-refractivity contribution in [3.05, 3.63) is 65.2 Å². The van der Waals surface area contributed by atoms with Crippen molar-refractivity contribution in [3.63, 3.8) is 0 Å². The minimum absolute atomic E-state index is 0.140. The van der Waals surface area contributed by atoms with Crippen LogP contribution in [0.1, 0.15) is 61.6 Å². The Morgan fingerprint density at radius 2 is 1.61 bits per heavy atom. The van der Waals surface area contributed by atoms with Crippen molar-refractivity contribution >= 4 is 6.29 Å². The van der Waals surface area contributed by atoms with Gasteiger partial charge >= 0.3 is 0 Å². The Morgan fingerprint density at radius 1 is 1.04 bits per heavy atom. The molecule has 0 aromatic heterocycles. The molecule has 2 heteroatoms. The van der Waals surface area contributed by atoms with Gasteiger partial charge in [-0.25, -0.2) is 0 Å². The van der Waals surface area contributed by atoms with Gasteiger partial charge in [-0.15, -0.1) is 0 Å². The molecule has 0 amide bonds. The van der Waals surface area contributed by atoms with Crippen LogP contribution in [0.2, 0.25) is 0 Å². The lowest BCUT2D eigenvalue weighted by atomic mass is 9.72. The Hall–Kier alpha value is -2.09. The first-order valence-corrected chi connectivity index (χ1v) is 8.47. The SMILES string of the molecule is CC(CCCC=O)(c1ccc(O)cc1)c1ccc(C2CC2)cc1. The number of phenols is 1. The predicted molar refractivity (Wildman–Crippen MR) is 92.9 cm³/mol. The summed E-state index contributed by atoms with van der Waals surface area (Å²) in [5, 5.41) is 9.57. The zero-order chi connectivity index (χ0) is 16.3. The molecule has 1 atom stereocenters.